The van der Waals surface area contributed by atoms with Gasteiger partial charge in [0.15, 0.2) is 0 Å². The molecule has 0 bridgehead atoms. The van der Waals surface area contributed by atoms with Crippen LogP contribution in [0.1, 0.15) is 0 Å². The van der Waals surface area contributed by atoms with E-state index in [4.69, 9.17) is 5.73 Å². The summed E-state index contributed by atoms with van der Waals surface area (Å²) in [5, 5.41) is 0. The summed E-state index contributed by atoms with van der Waals surface area (Å²) >= 11 is 6.01. The molecule has 2 aromatic rings. The lowest BCUT2D eigenvalue weighted by molar-refractivity contribution is 0.569. The molecule has 0 aromatic heterocycles. The van der Waals surface area contributed by atoms with Crippen LogP contribution in [0, 0.1) is 11.6 Å². The normalized spacial score (nSPS) is 11.4. The third-order valence-electron chi connectivity index (χ3n) is 2.54. The lowest BCUT2D eigenvalue weighted by Crippen LogP contribution is -2.16. The van der Waals surface area contributed by atoms with Gasteiger partial charge in [0.1, 0.15) is 16.5 Å². The average Bonchev–Trinajstić information content (AvgIpc) is 2.38. The second-order valence-corrected chi connectivity index (χ2v) is 7.37. The smallest absolute Gasteiger partial charge is 0.265 e. The van der Waals surface area contributed by atoms with Crippen molar-refractivity contribution >= 4 is 53.3 Å². The molecule has 0 atom stereocenters. The van der Waals surface area contributed by atoms with Crippen molar-refractivity contribution in [3.8, 4) is 0 Å². The zero-order valence-electron chi connectivity index (χ0n) is 10.2. The van der Waals surface area contributed by atoms with E-state index in [1.807, 2.05) is 4.72 Å². The van der Waals surface area contributed by atoms with Gasteiger partial charge in [-0.25, -0.2) is 17.2 Å². The van der Waals surface area contributed by atoms with Crippen LogP contribution in [-0.2, 0) is 10.0 Å². The third-order valence-corrected chi connectivity index (χ3v) is 5.25. The fourth-order valence-corrected chi connectivity index (χ4v) is 3.61. The van der Waals surface area contributed by atoms with Crippen molar-refractivity contribution in [2.24, 2.45) is 0 Å². The molecule has 3 N–H and O–H groups in total. The van der Waals surface area contributed by atoms with Crippen molar-refractivity contribution in [1.29, 1.82) is 0 Å². The van der Waals surface area contributed by atoms with E-state index in [0.717, 1.165) is 18.2 Å². The lowest BCUT2D eigenvalue weighted by Gasteiger charge is -2.12. The van der Waals surface area contributed by atoms with E-state index in [2.05, 4.69) is 31.9 Å². The van der Waals surface area contributed by atoms with Crippen LogP contribution in [0.3, 0.4) is 0 Å². The van der Waals surface area contributed by atoms with Crippen LogP contribution in [0.25, 0.3) is 0 Å². The second-order valence-electron chi connectivity index (χ2n) is 4.01. The Balaban J connectivity index is 2.51. The largest absolute Gasteiger partial charge is 0.398 e. The predicted molar refractivity (Wildman–Crippen MR) is 83.4 cm³/mol. The Morgan fingerprint density at radius 1 is 1.05 bits per heavy atom. The van der Waals surface area contributed by atoms with Crippen LogP contribution < -0.4 is 10.5 Å². The molecule has 2 aromatic carbocycles. The van der Waals surface area contributed by atoms with Gasteiger partial charge in [0.25, 0.3) is 10.0 Å². The van der Waals surface area contributed by atoms with E-state index in [-0.39, 0.29) is 20.3 Å². The molecule has 0 radical (unpaired) electrons. The van der Waals surface area contributed by atoms with Gasteiger partial charge in [-0.2, -0.15) is 0 Å². The number of benzene rings is 2. The lowest BCUT2D eigenvalue weighted by atomic mass is 10.3. The summed E-state index contributed by atoms with van der Waals surface area (Å²) in [5.41, 5.74) is 5.29. The number of sulfonamides is 1. The van der Waals surface area contributed by atoms with E-state index in [9.17, 15) is 17.2 Å². The molecule has 0 aliphatic rings. The quantitative estimate of drug-likeness (QED) is 0.710. The highest BCUT2D eigenvalue weighted by molar-refractivity contribution is 9.11. The molecule has 0 aliphatic carbocycles. The van der Waals surface area contributed by atoms with Crippen molar-refractivity contribution in [2.75, 3.05) is 10.5 Å². The van der Waals surface area contributed by atoms with E-state index in [0.29, 0.717) is 0 Å². The van der Waals surface area contributed by atoms with Gasteiger partial charge in [-0.05, 0) is 56.1 Å². The Labute approximate surface area is 136 Å². The molecule has 0 saturated carbocycles. The third kappa shape index (κ3) is 3.35. The molecule has 0 unspecified atom stereocenters. The maximum absolute atomic E-state index is 13.8. The van der Waals surface area contributed by atoms with Crippen LogP contribution in [0.4, 0.5) is 20.2 Å². The molecule has 4 nitrogen and oxygen atoms in total. The summed E-state index contributed by atoms with van der Waals surface area (Å²) in [4.78, 5) is -0.668. The highest BCUT2D eigenvalue weighted by Gasteiger charge is 2.23. The highest BCUT2D eigenvalue weighted by atomic mass is 79.9. The Hall–Kier alpha value is -1.19. The standard InChI is InChI=1S/C12H8Br2F2N2O2S/c13-6-2-1-3-8(15)12(6)18-21(19,20)11-5-10(17)7(14)4-9(11)16/h1-5,18H,17H2. The Kier molecular flexibility index (Phi) is 4.54. The molecule has 112 valence electrons. The fraction of sp³-hybridized carbons (Fsp3) is 0. The number of nitrogens with one attached hydrogen (secondary N) is 1. The first kappa shape index (κ1) is 16.2. The van der Waals surface area contributed by atoms with Crippen molar-refractivity contribution < 1.29 is 17.2 Å². The van der Waals surface area contributed by atoms with E-state index < -0.39 is 26.6 Å². The second kappa shape index (κ2) is 5.90. The SMILES string of the molecule is Nc1cc(S(=O)(=O)Nc2c(F)cccc2Br)c(F)cc1Br. The minimum atomic E-state index is -4.32. The van der Waals surface area contributed by atoms with E-state index in [1.165, 1.54) is 12.1 Å². The topological polar surface area (TPSA) is 72.2 Å². The van der Waals surface area contributed by atoms with Gasteiger partial charge in [-0.15, -0.1) is 0 Å². The molecular weight excluding hydrogens is 434 g/mol. The highest BCUT2D eigenvalue weighted by Crippen LogP contribution is 2.30. The van der Waals surface area contributed by atoms with Crippen molar-refractivity contribution in [3.05, 3.63) is 50.9 Å². The number of anilines is 2. The molecule has 0 saturated heterocycles. The summed E-state index contributed by atoms with van der Waals surface area (Å²) in [6.45, 7) is 0. The number of nitrogens with two attached hydrogens (primary N) is 1. The minimum Gasteiger partial charge on any atom is -0.398 e. The molecule has 21 heavy (non-hydrogen) atoms. The van der Waals surface area contributed by atoms with Gasteiger partial charge in [0.05, 0.1) is 5.69 Å². The number of rotatable bonds is 3. The molecule has 0 heterocycles. The van der Waals surface area contributed by atoms with Crippen LogP contribution in [-0.4, -0.2) is 8.42 Å². The summed E-state index contributed by atoms with van der Waals surface area (Å²) < 4.78 is 54.3. The maximum atomic E-state index is 13.8. The minimum absolute atomic E-state index is 0.0457. The van der Waals surface area contributed by atoms with Gasteiger partial charge < -0.3 is 5.73 Å². The van der Waals surface area contributed by atoms with E-state index >= 15 is 0 Å². The van der Waals surface area contributed by atoms with Gasteiger partial charge in [-0.1, -0.05) is 6.07 Å². The molecule has 0 spiro atoms. The number of halogens is 4. The van der Waals surface area contributed by atoms with Crippen LogP contribution in [0.5, 0.6) is 0 Å². The molecule has 0 amide bonds. The van der Waals surface area contributed by atoms with Gasteiger partial charge >= 0.3 is 0 Å². The average molecular weight is 442 g/mol. The van der Waals surface area contributed by atoms with Crippen molar-refractivity contribution in [2.45, 2.75) is 4.90 Å². The monoisotopic (exact) mass is 440 g/mol. The predicted octanol–water partition coefficient (Wildman–Crippen LogP) is 3.87. The first-order valence-electron chi connectivity index (χ1n) is 5.43. The Morgan fingerprint density at radius 2 is 1.71 bits per heavy atom. The first-order chi connectivity index (χ1) is 9.72. The molecule has 2 rings (SSSR count). The fourth-order valence-electron chi connectivity index (χ4n) is 1.54. The number of nitrogen functional groups attached to an aromatic ring is 1. The van der Waals surface area contributed by atoms with Crippen LogP contribution in [0.2, 0.25) is 0 Å². The summed E-state index contributed by atoms with van der Waals surface area (Å²) in [6.07, 6.45) is 0. The zero-order valence-corrected chi connectivity index (χ0v) is 14.2. The van der Waals surface area contributed by atoms with Crippen LogP contribution in [0.15, 0.2) is 44.2 Å². The van der Waals surface area contributed by atoms with Crippen molar-refractivity contribution in [1.82, 2.24) is 0 Å². The van der Waals surface area contributed by atoms with E-state index in [1.54, 1.807) is 0 Å². The van der Waals surface area contributed by atoms with Gasteiger partial charge in [0, 0.05) is 14.6 Å². The summed E-state index contributed by atoms with van der Waals surface area (Å²) in [7, 11) is -4.32. The number of para-hydroxylation sites is 1. The van der Waals surface area contributed by atoms with Gasteiger partial charge in [0.2, 0.25) is 0 Å². The maximum Gasteiger partial charge on any atom is 0.265 e. The van der Waals surface area contributed by atoms with Crippen molar-refractivity contribution in [3.63, 3.8) is 0 Å². The summed E-state index contributed by atoms with van der Waals surface area (Å²) in [6, 6.07) is 5.81. The first-order valence-corrected chi connectivity index (χ1v) is 8.50. The Bertz CT molecular complexity index is 793. The molecule has 0 fully saturated rings. The molecular formula is C12H8Br2F2N2O2S. The van der Waals surface area contributed by atoms with Gasteiger partial charge in [-0.3, -0.25) is 4.72 Å². The van der Waals surface area contributed by atoms with Crippen LogP contribution >= 0.6 is 31.9 Å². The zero-order chi connectivity index (χ0) is 15.8. The number of hydrogen-bond acceptors (Lipinski definition) is 3. The molecule has 9 heteroatoms. The number of hydrogen-bond donors (Lipinski definition) is 2. The Morgan fingerprint density at radius 3 is 2.33 bits per heavy atom. The molecule has 0 aliphatic heterocycles. The summed E-state index contributed by atoms with van der Waals surface area (Å²) in [5.74, 6) is -1.80.